The average Bonchev–Trinajstić information content (AvgIpc) is 2.25. The predicted octanol–water partition coefficient (Wildman–Crippen LogP) is -0.743. The van der Waals surface area contributed by atoms with Gasteiger partial charge in [0.1, 0.15) is 0 Å². The first-order chi connectivity index (χ1) is 7.17. The molecule has 0 aliphatic heterocycles. The number of nitrogens with zero attached hydrogens (tertiary/aromatic N) is 2. The van der Waals surface area contributed by atoms with Crippen LogP contribution in [-0.4, -0.2) is 30.2 Å². The fraction of sp³-hybridized carbons (Fsp3) is 0.222. The lowest BCUT2D eigenvalue weighted by Crippen LogP contribution is -2.18. The minimum atomic E-state index is -1.30. The lowest BCUT2D eigenvalue weighted by atomic mass is 10.3. The summed E-state index contributed by atoms with van der Waals surface area (Å²) in [5, 5.41) is 10.2. The molecule has 1 rings (SSSR count). The van der Waals surface area contributed by atoms with Crippen LogP contribution in [-0.2, 0) is 4.79 Å². The lowest BCUT2D eigenvalue weighted by molar-refractivity contribution is -0.297. The number of rotatable bonds is 4. The van der Waals surface area contributed by atoms with E-state index >= 15 is 0 Å². The standard InChI is InChI=1S/C9H10N2O4/c1-14-8-6(3-4-7(12)13)5-10-9(11-8)15-2/h3-5H,1-2H3,(H,12,13)/p-1/b4-3+. The summed E-state index contributed by atoms with van der Waals surface area (Å²) in [4.78, 5) is 17.9. The number of carbonyl (C=O) groups is 1. The molecule has 0 saturated heterocycles. The summed E-state index contributed by atoms with van der Waals surface area (Å²) in [6.45, 7) is 0. The van der Waals surface area contributed by atoms with Crippen molar-refractivity contribution in [1.82, 2.24) is 9.97 Å². The fourth-order valence-corrected chi connectivity index (χ4v) is 0.894. The molecule has 0 bridgehead atoms. The van der Waals surface area contributed by atoms with Crippen molar-refractivity contribution in [3.8, 4) is 11.9 Å². The van der Waals surface area contributed by atoms with E-state index in [0.29, 0.717) is 5.56 Å². The van der Waals surface area contributed by atoms with Gasteiger partial charge in [-0.15, -0.1) is 0 Å². The van der Waals surface area contributed by atoms with Crippen molar-refractivity contribution >= 4 is 12.0 Å². The van der Waals surface area contributed by atoms with Gasteiger partial charge in [-0.25, -0.2) is 4.98 Å². The van der Waals surface area contributed by atoms with E-state index in [1.165, 1.54) is 26.5 Å². The molecule has 6 heteroatoms. The molecule has 1 aromatic rings. The molecular formula is C9H9N2O4-. The quantitative estimate of drug-likeness (QED) is 0.607. The van der Waals surface area contributed by atoms with E-state index < -0.39 is 5.97 Å². The number of hydrogen-bond donors (Lipinski definition) is 0. The van der Waals surface area contributed by atoms with Gasteiger partial charge in [-0.05, 0) is 12.2 Å². The zero-order valence-corrected chi connectivity index (χ0v) is 8.26. The van der Waals surface area contributed by atoms with Crippen LogP contribution >= 0.6 is 0 Å². The van der Waals surface area contributed by atoms with Crippen molar-refractivity contribution in [2.45, 2.75) is 0 Å². The molecule has 0 saturated carbocycles. The van der Waals surface area contributed by atoms with Crippen LogP contribution in [0.15, 0.2) is 12.3 Å². The van der Waals surface area contributed by atoms with Gasteiger partial charge in [0.05, 0.1) is 25.8 Å². The molecule has 0 fully saturated rings. The number of aromatic nitrogens is 2. The van der Waals surface area contributed by atoms with Gasteiger partial charge < -0.3 is 19.4 Å². The summed E-state index contributed by atoms with van der Waals surface area (Å²) in [6.07, 6.45) is 3.55. The molecule has 0 spiro atoms. The third-order valence-electron chi connectivity index (χ3n) is 1.53. The normalized spacial score (nSPS) is 10.3. The predicted molar refractivity (Wildman–Crippen MR) is 49.2 cm³/mol. The van der Waals surface area contributed by atoms with Crippen molar-refractivity contribution in [1.29, 1.82) is 0 Å². The van der Waals surface area contributed by atoms with E-state index in [2.05, 4.69) is 9.97 Å². The second kappa shape index (κ2) is 4.94. The molecule has 1 aromatic heterocycles. The lowest BCUT2D eigenvalue weighted by Gasteiger charge is -2.04. The van der Waals surface area contributed by atoms with Gasteiger partial charge >= 0.3 is 6.01 Å². The number of ether oxygens (including phenoxy) is 2. The molecule has 0 aromatic carbocycles. The van der Waals surface area contributed by atoms with E-state index in [1.807, 2.05) is 0 Å². The zero-order valence-electron chi connectivity index (χ0n) is 8.26. The Bertz CT molecular complexity index is 390. The van der Waals surface area contributed by atoms with Crippen molar-refractivity contribution in [3.05, 3.63) is 17.8 Å². The van der Waals surface area contributed by atoms with E-state index in [9.17, 15) is 9.90 Å². The second-order valence-corrected chi connectivity index (χ2v) is 2.47. The van der Waals surface area contributed by atoms with Crippen LogP contribution in [0.4, 0.5) is 0 Å². The largest absolute Gasteiger partial charge is 0.545 e. The molecule has 80 valence electrons. The Morgan fingerprint density at radius 2 is 2.20 bits per heavy atom. The molecule has 0 unspecified atom stereocenters. The first-order valence-corrected chi connectivity index (χ1v) is 4.01. The van der Waals surface area contributed by atoms with E-state index in [-0.39, 0.29) is 11.9 Å². The van der Waals surface area contributed by atoms with Gasteiger partial charge in [0.15, 0.2) is 0 Å². The number of aliphatic carboxylic acids is 1. The first kappa shape index (κ1) is 11.0. The molecular weight excluding hydrogens is 200 g/mol. The van der Waals surface area contributed by atoms with Crippen LogP contribution < -0.4 is 14.6 Å². The third-order valence-corrected chi connectivity index (χ3v) is 1.53. The molecule has 15 heavy (non-hydrogen) atoms. The van der Waals surface area contributed by atoms with Crippen molar-refractivity contribution in [2.24, 2.45) is 0 Å². The molecule has 1 heterocycles. The van der Waals surface area contributed by atoms with Gasteiger partial charge in [-0.1, -0.05) is 0 Å². The topological polar surface area (TPSA) is 84.4 Å². The van der Waals surface area contributed by atoms with Gasteiger partial charge in [-0.3, -0.25) is 0 Å². The summed E-state index contributed by atoms with van der Waals surface area (Å²) in [5.41, 5.74) is 0.433. The van der Waals surface area contributed by atoms with E-state index in [1.54, 1.807) is 0 Å². The highest BCUT2D eigenvalue weighted by Gasteiger charge is 2.04. The minimum absolute atomic E-state index is 0.150. The van der Waals surface area contributed by atoms with Crippen molar-refractivity contribution < 1.29 is 19.4 Å². The maximum atomic E-state index is 10.2. The number of hydrogen-bond acceptors (Lipinski definition) is 6. The zero-order chi connectivity index (χ0) is 11.3. The Hall–Kier alpha value is -2.11. The Kier molecular flexibility index (Phi) is 3.61. The minimum Gasteiger partial charge on any atom is -0.545 e. The number of methoxy groups -OCH3 is 2. The van der Waals surface area contributed by atoms with Gasteiger partial charge in [0, 0.05) is 6.20 Å². The van der Waals surface area contributed by atoms with E-state index in [0.717, 1.165) is 6.08 Å². The Balaban J connectivity index is 3.02. The second-order valence-electron chi connectivity index (χ2n) is 2.47. The van der Waals surface area contributed by atoms with Crippen LogP contribution in [0.5, 0.6) is 11.9 Å². The maximum absolute atomic E-state index is 10.2. The third kappa shape index (κ3) is 2.94. The Morgan fingerprint density at radius 1 is 1.47 bits per heavy atom. The van der Waals surface area contributed by atoms with Gasteiger partial charge in [0.25, 0.3) is 0 Å². The molecule has 0 atom stereocenters. The summed E-state index contributed by atoms with van der Waals surface area (Å²) in [7, 11) is 2.84. The molecule has 6 nitrogen and oxygen atoms in total. The number of carboxylic acid groups (broad SMARTS) is 1. The summed E-state index contributed by atoms with van der Waals surface area (Å²) in [6, 6.07) is 0.150. The number of carboxylic acids is 1. The molecule has 0 amide bonds. The SMILES string of the molecule is COc1ncc(/C=C/C(=O)[O-])c(OC)n1. The highest BCUT2D eigenvalue weighted by atomic mass is 16.5. The van der Waals surface area contributed by atoms with Crippen LogP contribution in [0, 0.1) is 0 Å². The van der Waals surface area contributed by atoms with Gasteiger partial charge in [-0.2, -0.15) is 4.98 Å². The van der Waals surface area contributed by atoms with Crippen LogP contribution in [0.2, 0.25) is 0 Å². The smallest absolute Gasteiger partial charge is 0.319 e. The van der Waals surface area contributed by atoms with Crippen LogP contribution in [0.25, 0.3) is 6.08 Å². The summed E-state index contributed by atoms with van der Waals surface area (Å²) < 4.78 is 9.71. The highest BCUT2D eigenvalue weighted by Crippen LogP contribution is 2.18. The monoisotopic (exact) mass is 209 g/mol. The average molecular weight is 209 g/mol. The first-order valence-electron chi connectivity index (χ1n) is 4.01. The highest BCUT2D eigenvalue weighted by molar-refractivity contribution is 5.83. The maximum Gasteiger partial charge on any atom is 0.319 e. The summed E-state index contributed by atoms with van der Waals surface area (Å²) in [5.74, 6) is -1.06. The van der Waals surface area contributed by atoms with Gasteiger partial charge in [0.2, 0.25) is 5.88 Å². The molecule has 0 N–H and O–H groups in total. The van der Waals surface area contributed by atoms with Crippen molar-refractivity contribution in [2.75, 3.05) is 14.2 Å². The molecule has 0 aliphatic rings. The van der Waals surface area contributed by atoms with Crippen molar-refractivity contribution in [3.63, 3.8) is 0 Å². The Labute approximate surface area is 86.2 Å². The summed E-state index contributed by atoms with van der Waals surface area (Å²) >= 11 is 0. The molecule has 0 aliphatic carbocycles. The number of carbonyl (C=O) groups excluding carboxylic acids is 1. The van der Waals surface area contributed by atoms with Crippen LogP contribution in [0.1, 0.15) is 5.56 Å². The Morgan fingerprint density at radius 3 is 2.73 bits per heavy atom. The fourth-order valence-electron chi connectivity index (χ4n) is 0.894. The molecule has 0 radical (unpaired) electrons. The van der Waals surface area contributed by atoms with Crippen LogP contribution in [0.3, 0.4) is 0 Å². The van der Waals surface area contributed by atoms with E-state index in [4.69, 9.17) is 9.47 Å².